The van der Waals surface area contributed by atoms with Crippen LogP contribution in [0.4, 0.5) is 18.9 Å². The summed E-state index contributed by atoms with van der Waals surface area (Å²) in [4.78, 5) is 12.2. The number of halogens is 5. The molecule has 4 rings (SSSR count). The SMILES string of the molecule is Cc1c(/C=N\NC(=O)CNc2cccc(C(F)(F)F)c2)c2ccccc2n1Cc1ccc(Cl)c(Cl)c1. The summed E-state index contributed by atoms with van der Waals surface area (Å²) in [6.45, 7) is 2.27. The Balaban J connectivity index is 1.47. The number of rotatable bonds is 7. The van der Waals surface area contributed by atoms with Crippen LogP contribution in [0.2, 0.25) is 10.0 Å². The number of hydrazone groups is 1. The first kappa shape index (κ1) is 25.6. The van der Waals surface area contributed by atoms with Crippen LogP contribution in [0.3, 0.4) is 0 Å². The van der Waals surface area contributed by atoms with Gasteiger partial charge in [-0.2, -0.15) is 18.3 Å². The quantitative estimate of drug-likeness (QED) is 0.201. The van der Waals surface area contributed by atoms with Gasteiger partial charge in [-0.1, -0.05) is 53.5 Å². The Hall–Kier alpha value is -3.49. The molecule has 3 aromatic carbocycles. The molecule has 1 heterocycles. The number of carbonyl (C=O) groups excluding carboxylic acids is 1. The van der Waals surface area contributed by atoms with Gasteiger partial charge >= 0.3 is 6.18 Å². The van der Waals surface area contributed by atoms with E-state index in [-0.39, 0.29) is 12.2 Å². The van der Waals surface area contributed by atoms with Crippen molar-refractivity contribution in [3.63, 3.8) is 0 Å². The van der Waals surface area contributed by atoms with E-state index < -0.39 is 17.6 Å². The van der Waals surface area contributed by atoms with Crippen LogP contribution >= 0.6 is 23.2 Å². The standard InChI is InChI=1S/C26H21Cl2F3N4O/c1-16-21(13-33-34-25(36)14-32-19-6-4-5-18(12-19)26(29,30)31)20-7-2-3-8-24(20)35(16)15-17-9-10-22(27)23(28)11-17/h2-13,32H,14-15H2,1H3,(H,34,36)/b33-13-. The third-order valence-corrected chi connectivity index (χ3v) is 6.37. The molecular weight excluding hydrogens is 512 g/mol. The lowest BCUT2D eigenvalue weighted by Crippen LogP contribution is -2.26. The lowest BCUT2D eigenvalue weighted by Gasteiger charge is -2.10. The average Bonchev–Trinajstić information content (AvgIpc) is 3.11. The summed E-state index contributed by atoms with van der Waals surface area (Å²) in [5, 5.41) is 8.67. The first-order valence-corrected chi connectivity index (χ1v) is 11.6. The monoisotopic (exact) mass is 532 g/mol. The minimum absolute atomic E-state index is 0.185. The van der Waals surface area contributed by atoms with Crippen molar-refractivity contribution in [3.8, 4) is 0 Å². The predicted molar refractivity (Wildman–Crippen MR) is 138 cm³/mol. The van der Waals surface area contributed by atoms with Crippen LogP contribution in [-0.4, -0.2) is 23.2 Å². The smallest absolute Gasteiger partial charge is 0.376 e. The molecule has 0 aliphatic carbocycles. The number of aromatic nitrogens is 1. The van der Waals surface area contributed by atoms with E-state index in [2.05, 4.69) is 20.4 Å². The van der Waals surface area contributed by atoms with Gasteiger partial charge in [0, 0.05) is 34.4 Å². The number of hydrogen-bond acceptors (Lipinski definition) is 3. The maximum atomic E-state index is 12.9. The predicted octanol–water partition coefficient (Wildman–Crippen LogP) is 6.89. The Labute approximate surface area is 215 Å². The van der Waals surface area contributed by atoms with E-state index in [1.165, 1.54) is 12.1 Å². The number of nitrogens with zero attached hydrogens (tertiary/aromatic N) is 2. The van der Waals surface area contributed by atoms with Crippen molar-refractivity contribution in [3.05, 3.63) is 99.2 Å². The minimum Gasteiger partial charge on any atom is -0.376 e. The molecule has 1 aromatic heterocycles. The summed E-state index contributed by atoms with van der Waals surface area (Å²) in [5.41, 5.74) is 5.53. The van der Waals surface area contributed by atoms with E-state index in [4.69, 9.17) is 23.2 Å². The van der Waals surface area contributed by atoms with Gasteiger partial charge in [0.05, 0.1) is 28.4 Å². The van der Waals surface area contributed by atoms with E-state index in [9.17, 15) is 18.0 Å². The third kappa shape index (κ3) is 5.83. The Morgan fingerprint density at radius 2 is 1.81 bits per heavy atom. The van der Waals surface area contributed by atoms with Gasteiger partial charge in [0.25, 0.3) is 5.91 Å². The highest BCUT2D eigenvalue weighted by Gasteiger charge is 2.30. The number of fused-ring (bicyclic) bond motifs is 1. The second-order valence-electron chi connectivity index (χ2n) is 8.08. The number of alkyl halides is 3. The molecule has 4 aromatic rings. The van der Waals surface area contributed by atoms with Gasteiger partial charge in [0.15, 0.2) is 0 Å². The van der Waals surface area contributed by atoms with Crippen molar-refractivity contribution in [2.75, 3.05) is 11.9 Å². The largest absolute Gasteiger partial charge is 0.416 e. The fraction of sp³-hybridized carbons (Fsp3) is 0.154. The number of hydrogen-bond donors (Lipinski definition) is 2. The van der Waals surface area contributed by atoms with Crippen LogP contribution in [0.1, 0.15) is 22.4 Å². The molecule has 5 nitrogen and oxygen atoms in total. The summed E-state index contributed by atoms with van der Waals surface area (Å²) in [7, 11) is 0. The number of anilines is 1. The fourth-order valence-electron chi connectivity index (χ4n) is 3.84. The zero-order valence-electron chi connectivity index (χ0n) is 19.0. The zero-order chi connectivity index (χ0) is 25.9. The third-order valence-electron chi connectivity index (χ3n) is 5.63. The summed E-state index contributed by atoms with van der Waals surface area (Å²) >= 11 is 12.2. The molecule has 0 aliphatic rings. The molecule has 0 spiro atoms. The molecule has 36 heavy (non-hydrogen) atoms. The number of benzene rings is 3. The maximum absolute atomic E-state index is 12.9. The zero-order valence-corrected chi connectivity index (χ0v) is 20.5. The van der Waals surface area contributed by atoms with Crippen molar-refractivity contribution in [1.29, 1.82) is 0 Å². The van der Waals surface area contributed by atoms with Gasteiger partial charge in [-0.05, 0) is 48.9 Å². The average molecular weight is 533 g/mol. The molecule has 1 amide bonds. The van der Waals surface area contributed by atoms with E-state index in [1.54, 1.807) is 12.3 Å². The summed E-state index contributed by atoms with van der Waals surface area (Å²) < 4.78 is 40.7. The van der Waals surface area contributed by atoms with Crippen LogP contribution in [0.5, 0.6) is 0 Å². The minimum atomic E-state index is -4.46. The van der Waals surface area contributed by atoms with Crippen LogP contribution in [0, 0.1) is 6.92 Å². The first-order chi connectivity index (χ1) is 17.1. The molecule has 0 atom stereocenters. The molecule has 186 valence electrons. The molecule has 0 fully saturated rings. The van der Waals surface area contributed by atoms with Gasteiger partial charge in [-0.15, -0.1) is 0 Å². The maximum Gasteiger partial charge on any atom is 0.416 e. The number of carbonyl (C=O) groups is 1. The first-order valence-electron chi connectivity index (χ1n) is 10.9. The number of nitrogens with one attached hydrogen (secondary N) is 2. The van der Waals surface area contributed by atoms with E-state index in [0.29, 0.717) is 16.6 Å². The molecule has 0 aliphatic heterocycles. The molecule has 0 bridgehead atoms. The summed E-state index contributed by atoms with van der Waals surface area (Å²) in [6.07, 6.45) is -2.90. The molecule has 2 N–H and O–H groups in total. The Morgan fingerprint density at radius 3 is 2.56 bits per heavy atom. The Kier molecular flexibility index (Phi) is 7.56. The van der Waals surface area contributed by atoms with E-state index in [0.717, 1.165) is 39.9 Å². The van der Waals surface area contributed by atoms with Gasteiger partial charge in [0.1, 0.15) is 0 Å². The van der Waals surface area contributed by atoms with Crippen LogP contribution in [0.15, 0.2) is 71.8 Å². The van der Waals surface area contributed by atoms with Crippen molar-refractivity contribution in [1.82, 2.24) is 9.99 Å². The lowest BCUT2D eigenvalue weighted by atomic mass is 10.1. The molecule has 0 radical (unpaired) electrons. The van der Waals surface area contributed by atoms with E-state index >= 15 is 0 Å². The lowest BCUT2D eigenvalue weighted by molar-refractivity contribution is -0.137. The molecule has 10 heteroatoms. The topological polar surface area (TPSA) is 58.4 Å². The van der Waals surface area contributed by atoms with E-state index in [1.807, 2.05) is 43.3 Å². The highest BCUT2D eigenvalue weighted by Crippen LogP contribution is 2.31. The second kappa shape index (κ2) is 10.6. The number of para-hydroxylation sites is 1. The summed E-state index contributed by atoms with van der Waals surface area (Å²) in [6, 6.07) is 18.0. The Bertz CT molecular complexity index is 1450. The normalized spacial score (nSPS) is 11.8. The van der Waals surface area contributed by atoms with Crippen LogP contribution < -0.4 is 10.7 Å². The van der Waals surface area contributed by atoms with Gasteiger partial charge in [0.2, 0.25) is 0 Å². The number of amides is 1. The highest BCUT2D eigenvalue weighted by atomic mass is 35.5. The van der Waals surface area contributed by atoms with Crippen molar-refractivity contribution >= 4 is 51.9 Å². The highest BCUT2D eigenvalue weighted by molar-refractivity contribution is 6.42. The second-order valence-corrected chi connectivity index (χ2v) is 8.89. The molecule has 0 saturated heterocycles. The van der Waals surface area contributed by atoms with Crippen LogP contribution in [0.25, 0.3) is 10.9 Å². The van der Waals surface area contributed by atoms with Crippen molar-refractivity contribution in [2.24, 2.45) is 5.10 Å². The Morgan fingerprint density at radius 1 is 1.03 bits per heavy atom. The van der Waals surface area contributed by atoms with Gasteiger partial charge < -0.3 is 9.88 Å². The molecule has 0 saturated carbocycles. The van der Waals surface area contributed by atoms with Crippen LogP contribution in [-0.2, 0) is 17.5 Å². The summed E-state index contributed by atoms with van der Waals surface area (Å²) in [5.74, 6) is -0.499. The van der Waals surface area contributed by atoms with Crippen molar-refractivity contribution in [2.45, 2.75) is 19.6 Å². The van der Waals surface area contributed by atoms with Gasteiger partial charge in [-0.3, -0.25) is 4.79 Å². The molecule has 0 unspecified atom stereocenters. The fourth-order valence-corrected chi connectivity index (χ4v) is 4.16. The molecular formula is C26H21Cl2F3N4O. The van der Waals surface area contributed by atoms with Crippen molar-refractivity contribution < 1.29 is 18.0 Å². The van der Waals surface area contributed by atoms with Gasteiger partial charge in [-0.25, -0.2) is 5.43 Å².